The highest BCUT2D eigenvalue weighted by molar-refractivity contribution is 6.01. The van der Waals surface area contributed by atoms with Crippen LogP contribution in [0.1, 0.15) is 40.5 Å². The van der Waals surface area contributed by atoms with Gasteiger partial charge in [0.05, 0.1) is 0 Å². The van der Waals surface area contributed by atoms with E-state index in [0.717, 1.165) is 5.57 Å². The van der Waals surface area contributed by atoms with E-state index in [-0.39, 0.29) is 23.4 Å². The molecule has 1 rings (SSSR count). The molecule has 2 nitrogen and oxygen atoms in total. The average molecular weight is 246 g/mol. The second-order valence-corrected chi connectivity index (χ2v) is 5.36. The molecule has 0 fully saturated rings. The van der Waals surface area contributed by atoms with Crippen molar-refractivity contribution in [2.45, 2.75) is 40.5 Å². The van der Waals surface area contributed by atoms with E-state index in [1.807, 2.05) is 39.8 Å². The van der Waals surface area contributed by atoms with Crippen LogP contribution in [0.3, 0.4) is 0 Å². The molecule has 0 N–H and O–H groups in total. The van der Waals surface area contributed by atoms with E-state index in [9.17, 15) is 9.59 Å². The number of carbonyl (C=O) groups is 2. The Hall–Kier alpha value is -1.44. The van der Waals surface area contributed by atoms with Crippen molar-refractivity contribution in [3.05, 3.63) is 35.5 Å². The SMILES string of the molecule is CC(C)=CCC(=O)C1C=CC(=O)C1CC=C(C)C. The smallest absolute Gasteiger partial charge is 0.159 e. The molecular weight excluding hydrogens is 224 g/mol. The summed E-state index contributed by atoms with van der Waals surface area (Å²) in [5.41, 5.74) is 2.32. The van der Waals surface area contributed by atoms with Gasteiger partial charge in [0.2, 0.25) is 0 Å². The molecule has 0 aromatic heterocycles. The standard InChI is InChI=1S/C16H22O2/c1-11(2)5-7-13-14(8-10-16(13)18)15(17)9-6-12(3)4/h5-6,8,10,13-14H,7,9H2,1-4H3. The largest absolute Gasteiger partial charge is 0.299 e. The van der Waals surface area contributed by atoms with Crippen molar-refractivity contribution in [3.8, 4) is 0 Å². The van der Waals surface area contributed by atoms with Crippen molar-refractivity contribution < 1.29 is 9.59 Å². The zero-order chi connectivity index (χ0) is 13.7. The summed E-state index contributed by atoms with van der Waals surface area (Å²) in [4.78, 5) is 23.8. The summed E-state index contributed by atoms with van der Waals surface area (Å²) in [5, 5.41) is 0. The summed E-state index contributed by atoms with van der Waals surface area (Å²) < 4.78 is 0. The molecule has 2 heteroatoms. The predicted molar refractivity (Wildman–Crippen MR) is 74.2 cm³/mol. The molecule has 0 aromatic carbocycles. The molecule has 0 radical (unpaired) electrons. The third-order valence-electron chi connectivity index (χ3n) is 3.13. The number of hydrogen-bond acceptors (Lipinski definition) is 2. The second-order valence-electron chi connectivity index (χ2n) is 5.36. The van der Waals surface area contributed by atoms with Gasteiger partial charge in [-0.25, -0.2) is 0 Å². The molecule has 0 aliphatic heterocycles. The van der Waals surface area contributed by atoms with Crippen molar-refractivity contribution in [2.24, 2.45) is 11.8 Å². The molecule has 0 bridgehead atoms. The molecule has 0 saturated carbocycles. The van der Waals surface area contributed by atoms with E-state index < -0.39 is 0 Å². The van der Waals surface area contributed by atoms with Gasteiger partial charge in [-0.15, -0.1) is 0 Å². The van der Waals surface area contributed by atoms with Crippen LogP contribution in [-0.2, 0) is 9.59 Å². The third-order valence-corrected chi connectivity index (χ3v) is 3.13. The lowest BCUT2D eigenvalue weighted by molar-refractivity contribution is -0.126. The van der Waals surface area contributed by atoms with Crippen molar-refractivity contribution in [2.75, 3.05) is 0 Å². The molecule has 1 aliphatic rings. The Kier molecular flexibility index (Phi) is 5.26. The number of allylic oxidation sites excluding steroid dienone is 6. The van der Waals surface area contributed by atoms with Crippen LogP contribution in [0, 0.1) is 11.8 Å². The normalized spacial score (nSPS) is 21.9. The maximum atomic E-state index is 12.1. The molecule has 1 aliphatic carbocycles. The Morgan fingerprint density at radius 3 is 2.33 bits per heavy atom. The highest BCUT2D eigenvalue weighted by Crippen LogP contribution is 2.28. The fourth-order valence-electron chi connectivity index (χ4n) is 2.03. The number of ketones is 2. The molecule has 98 valence electrons. The summed E-state index contributed by atoms with van der Waals surface area (Å²) in [6.45, 7) is 7.97. The summed E-state index contributed by atoms with van der Waals surface area (Å²) in [6.07, 6.45) is 8.39. The summed E-state index contributed by atoms with van der Waals surface area (Å²) in [7, 11) is 0. The molecule has 18 heavy (non-hydrogen) atoms. The number of Topliss-reactive ketones (excluding diaryl/α,β-unsaturated/α-hetero) is 1. The van der Waals surface area contributed by atoms with E-state index in [1.165, 1.54) is 5.57 Å². The molecule has 0 saturated heterocycles. The molecular formula is C16H22O2. The minimum Gasteiger partial charge on any atom is -0.299 e. The molecule has 0 aromatic rings. The lowest BCUT2D eigenvalue weighted by Crippen LogP contribution is -2.22. The van der Waals surface area contributed by atoms with Crippen molar-refractivity contribution in [3.63, 3.8) is 0 Å². The van der Waals surface area contributed by atoms with E-state index in [0.29, 0.717) is 12.8 Å². The van der Waals surface area contributed by atoms with E-state index in [4.69, 9.17) is 0 Å². The van der Waals surface area contributed by atoms with E-state index >= 15 is 0 Å². The first-order chi connectivity index (χ1) is 8.41. The van der Waals surface area contributed by atoms with Gasteiger partial charge in [0.15, 0.2) is 5.78 Å². The van der Waals surface area contributed by atoms with Crippen LogP contribution in [0.2, 0.25) is 0 Å². The average Bonchev–Trinajstić information content (AvgIpc) is 2.64. The van der Waals surface area contributed by atoms with Crippen LogP contribution in [-0.4, -0.2) is 11.6 Å². The Morgan fingerprint density at radius 2 is 1.78 bits per heavy atom. The lowest BCUT2D eigenvalue weighted by Gasteiger charge is -2.15. The fraction of sp³-hybridized carbons (Fsp3) is 0.500. The van der Waals surface area contributed by atoms with Crippen LogP contribution < -0.4 is 0 Å². The van der Waals surface area contributed by atoms with E-state index in [1.54, 1.807) is 12.2 Å². The Bertz CT molecular complexity index is 416. The van der Waals surface area contributed by atoms with Gasteiger partial charge in [-0.3, -0.25) is 9.59 Å². The van der Waals surface area contributed by atoms with Gasteiger partial charge in [-0.2, -0.15) is 0 Å². The van der Waals surface area contributed by atoms with Gasteiger partial charge < -0.3 is 0 Å². The molecule has 2 unspecified atom stereocenters. The molecule has 0 amide bonds. The zero-order valence-electron chi connectivity index (χ0n) is 11.7. The predicted octanol–water partition coefficient (Wildman–Crippen LogP) is 3.64. The number of carbonyl (C=O) groups excluding carboxylic acids is 2. The summed E-state index contributed by atoms with van der Waals surface area (Å²) >= 11 is 0. The molecule has 0 heterocycles. The van der Waals surface area contributed by atoms with Gasteiger partial charge in [0.1, 0.15) is 5.78 Å². The monoisotopic (exact) mass is 246 g/mol. The van der Waals surface area contributed by atoms with Crippen molar-refractivity contribution >= 4 is 11.6 Å². The topological polar surface area (TPSA) is 34.1 Å². The Morgan fingerprint density at radius 1 is 1.17 bits per heavy atom. The maximum absolute atomic E-state index is 12.1. The highest BCUT2D eigenvalue weighted by Gasteiger charge is 2.33. The maximum Gasteiger partial charge on any atom is 0.159 e. The van der Waals surface area contributed by atoms with Gasteiger partial charge >= 0.3 is 0 Å². The first-order valence-corrected chi connectivity index (χ1v) is 6.43. The van der Waals surface area contributed by atoms with Gasteiger partial charge in [-0.05, 0) is 40.2 Å². The van der Waals surface area contributed by atoms with Crippen LogP contribution >= 0.6 is 0 Å². The Balaban J connectivity index is 2.71. The number of hydrogen-bond donors (Lipinski definition) is 0. The van der Waals surface area contributed by atoms with Crippen LogP contribution in [0.25, 0.3) is 0 Å². The summed E-state index contributed by atoms with van der Waals surface area (Å²) in [5.74, 6) is -0.185. The summed E-state index contributed by atoms with van der Waals surface area (Å²) in [6, 6.07) is 0. The van der Waals surface area contributed by atoms with E-state index in [2.05, 4.69) is 0 Å². The first-order valence-electron chi connectivity index (χ1n) is 6.43. The number of rotatable bonds is 5. The first kappa shape index (κ1) is 14.6. The van der Waals surface area contributed by atoms with Crippen LogP contribution in [0.4, 0.5) is 0 Å². The van der Waals surface area contributed by atoms with Gasteiger partial charge in [0.25, 0.3) is 0 Å². The highest BCUT2D eigenvalue weighted by atomic mass is 16.1. The van der Waals surface area contributed by atoms with Crippen LogP contribution in [0.5, 0.6) is 0 Å². The Labute approximate surface area is 109 Å². The quantitative estimate of drug-likeness (QED) is 0.694. The fourth-order valence-corrected chi connectivity index (χ4v) is 2.03. The van der Waals surface area contributed by atoms with Gasteiger partial charge in [0, 0.05) is 18.3 Å². The lowest BCUT2D eigenvalue weighted by atomic mass is 9.86. The third kappa shape index (κ3) is 4.10. The van der Waals surface area contributed by atoms with Crippen molar-refractivity contribution in [1.82, 2.24) is 0 Å². The second kappa shape index (κ2) is 6.48. The molecule has 2 atom stereocenters. The van der Waals surface area contributed by atoms with Gasteiger partial charge in [-0.1, -0.05) is 29.4 Å². The minimum atomic E-state index is -0.233. The minimum absolute atomic E-state index is 0.0862. The zero-order valence-corrected chi connectivity index (χ0v) is 11.7. The molecule has 0 spiro atoms. The van der Waals surface area contributed by atoms with Crippen LogP contribution in [0.15, 0.2) is 35.5 Å². The van der Waals surface area contributed by atoms with Crippen molar-refractivity contribution in [1.29, 1.82) is 0 Å².